The van der Waals surface area contributed by atoms with E-state index in [9.17, 15) is 4.79 Å². The first-order valence-corrected chi connectivity index (χ1v) is 9.75. The molecule has 1 N–H and O–H groups in total. The first kappa shape index (κ1) is 20.9. The molecule has 1 aliphatic heterocycles. The average molecular weight is 396 g/mol. The van der Waals surface area contributed by atoms with E-state index in [1.807, 2.05) is 48.5 Å². The van der Waals surface area contributed by atoms with E-state index in [0.717, 1.165) is 44.0 Å². The Balaban J connectivity index is 1.68. The summed E-state index contributed by atoms with van der Waals surface area (Å²) in [4.78, 5) is 14.9. The van der Waals surface area contributed by atoms with Crippen molar-refractivity contribution in [3.8, 4) is 11.5 Å². The Kier molecular flexibility index (Phi) is 7.67. The lowest BCUT2D eigenvalue weighted by Gasteiger charge is -2.31. The number of amides is 1. The topological polar surface area (TPSA) is 60.0 Å². The van der Waals surface area contributed by atoms with E-state index in [1.165, 1.54) is 0 Å². The predicted molar refractivity (Wildman–Crippen MR) is 113 cm³/mol. The van der Waals surface area contributed by atoms with Gasteiger partial charge >= 0.3 is 0 Å². The van der Waals surface area contributed by atoms with Gasteiger partial charge in [0.2, 0.25) is 5.91 Å². The van der Waals surface area contributed by atoms with Gasteiger partial charge in [-0.1, -0.05) is 36.4 Å². The van der Waals surface area contributed by atoms with E-state index in [0.29, 0.717) is 11.5 Å². The third-order valence-electron chi connectivity index (χ3n) is 4.90. The lowest BCUT2D eigenvalue weighted by molar-refractivity contribution is -0.117. The van der Waals surface area contributed by atoms with Crippen LogP contribution < -0.4 is 14.8 Å². The molecule has 1 aliphatic rings. The third-order valence-corrected chi connectivity index (χ3v) is 4.90. The average Bonchev–Trinajstić information content (AvgIpc) is 2.78. The Labute approximate surface area is 172 Å². The number of hydrogen-bond acceptors (Lipinski definition) is 5. The molecule has 1 unspecified atom stereocenters. The van der Waals surface area contributed by atoms with Crippen LogP contribution in [0.3, 0.4) is 0 Å². The van der Waals surface area contributed by atoms with Crippen LogP contribution in [0.15, 0.2) is 54.6 Å². The van der Waals surface area contributed by atoms with Gasteiger partial charge in [-0.15, -0.1) is 0 Å². The van der Waals surface area contributed by atoms with Crippen LogP contribution in [0.4, 0.5) is 0 Å². The van der Waals surface area contributed by atoms with Crippen molar-refractivity contribution in [2.45, 2.75) is 6.04 Å². The minimum Gasteiger partial charge on any atom is -0.493 e. The Morgan fingerprint density at radius 1 is 1.10 bits per heavy atom. The van der Waals surface area contributed by atoms with Crippen LogP contribution in [0.1, 0.15) is 17.2 Å². The number of nitrogens with zero attached hydrogens (tertiary/aromatic N) is 1. The summed E-state index contributed by atoms with van der Waals surface area (Å²) in [6.07, 6.45) is 3.32. The molecule has 6 nitrogen and oxygen atoms in total. The summed E-state index contributed by atoms with van der Waals surface area (Å²) in [5, 5.41) is 3.14. The summed E-state index contributed by atoms with van der Waals surface area (Å²) in [6, 6.07) is 15.5. The summed E-state index contributed by atoms with van der Waals surface area (Å²) >= 11 is 0. The molecule has 6 heteroatoms. The van der Waals surface area contributed by atoms with Gasteiger partial charge in [-0.3, -0.25) is 9.69 Å². The molecule has 1 saturated heterocycles. The standard InChI is InChI=1S/C23H28N2O4/c1-27-21-10-8-18(16-22(21)28-2)9-11-23(26)24-20(19-6-4-3-5-7-19)17-25-12-14-29-15-13-25/h3-11,16,20H,12-15,17H2,1-2H3,(H,24,26)/b11-9+. The highest BCUT2D eigenvalue weighted by Gasteiger charge is 2.19. The highest BCUT2D eigenvalue weighted by atomic mass is 16.5. The van der Waals surface area contributed by atoms with Crippen LogP contribution in [0.5, 0.6) is 11.5 Å². The van der Waals surface area contributed by atoms with Crippen molar-refractivity contribution < 1.29 is 19.0 Å². The molecular weight excluding hydrogens is 368 g/mol. The Hall–Kier alpha value is -2.83. The molecule has 1 atom stereocenters. The number of methoxy groups -OCH3 is 2. The number of carbonyl (C=O) groups is 1. The van der Waals surface area contributed by atoms with Gasteiger partial charge in [-0.05, 0) is 29.3 Å². The SMILES string of the molecule is COc1ccc(/C=C/C(=O)NC(CN2CCOCC2)c2ccccc2)cc1OC. The quantitative estimate of drug-likeness (QED) is 0.696. The number of carbonyl (C=O) groups excluding carboxylic acids is 1. The number of benzene rings is 2. The molecule has 29 heavy (non-hydrogen) atoms. The van der Waals surface area contributed by atoms with E-state index in [-0.39, 0.29) is 11.9 Å². The zero-order valence-electron chi connectivity index (χ0n) is 17.0. The summed E-state index contributed by atoms with van der Waals surface area (Å²) in [6.45, 7) is 3.97. The van der Waals surface area contributed by atoms with Crippen LogP contribution in [0, 0.1) is 0 Å². The molecule has 1 heterocycles. The van der Waals surface area contributed by atoms with E-state index in [2.05, 4.69) is 10.2 Å². The molecule has 0 radical (unpaired) electrons. The maximum Gasteiger partial charge on any atom is 0.244 e. The van der Waals surface area contributed by atoms with Gasteiger partial charge in [-0.2, -0.15) is 0 Å². The fourth-order valence-electron chi connectivity index (χ4n) is 3.31. The molecule has 2 aromatic rings. The maximum absolute atomic E-state index is 12.6. The monoisotopic (exact) mass is 396 g/mol. The second-order valence-corrected chi connectivity index (χ2v) is 6.83. The van der Waals surface area contributed by atoms with Crippen LogP contribution in [-0.2, 0) is 9.53 Å². The lowest BCUT2D eigenvalue weighted by atomic mass is 10.1. The van der Waals surface area contributed by atoms with Crippen molar-refractivity contribution >= 4 is 12.0 Å². The molecule has 0 aliphatic carbocycles. The van der Waals surface area contributed by atoms with Gasteiger partial charge in [0.05, 0.1) is 33.5 Å². The molecule has 1 fully saturated rings. The van der Waals surface area contributed by atoms with Gasteiger partial charge in [0.15, 0.2) is 11.5 Å². The fraction of sp³-hybridized carbons (Fsp3) is 0.348. The molecule has 0 spiro atoms. The Morgan fingerprint density at radius 3 is 2.52 bits per heavy atom. The molecule has 0 aromatic heterocycles. The number of hydrogen-bond donors (Lipinski definition) is 1. The zero-order chi connectivity index (χ0) is 20.5. The van der Waals surface area contributed by atoms with Crippen LogP contribution in [-0.4, -0.2) is 57.9 Å². The van der Waals surface area contributed by atoms with Crippen molar-refractivity contribution in [1.82, 2.24) is 10.2 Å². The Morgan fingerprint density at radius 2 is 1.83 bits per heavy atom. The largest absolute Gasteiger partial charge is 0.493 e. The highest BCUT2D eigenvalue weighted by molar-refractivity contribution is 5.92. The van der Waals surface area contributed by atoms with Gasteiger partial charge in [0.1, 0.15) is 0 Å². The first-order chi connectivity index (χ1) is 14.2. The van der Waals surface area contributed by atoms with Gasteiger partial charge < -0.3 is 19.5 Å². The van der Waals surface area contributed by atoms with Crippen molar-refractivity contribution in [3.63, 3.8) is 0 Å². The summed E-state index contributed by atoms with van der Waals surface area (Å²) in [5.41, 5.74) is 1.95. The third kappa shape index (κ3) is 6.07. The van der Waals surface area contributed by atoms with E-state index in [1.54, 1.807) is 26.4 Å². The van der Waals surface area contributed by atoms with E-state index < -0.39 is 0 Å². The molecule has 2 aromatic carbocycles. The lowest BCUT2D eigenvalue weighted by Crippen LogP contribution is -2.42. The summed E-state index contributed by atoms with van der Waals surface area (Å²) in [5.74, 6) is 1.15. The molecule has 0 bridgehead atoms. The van der Waals surface area contributed by atoms with E-state index >= 15 is 0 Å². The normalized spacial score (nSPS) is 15.8. The minimum atomic E-state index is -0.137. The molecule has 3 rings (SSSR count). The first-order valence-electron chi connectivity index (χ1n) is 9.75. The zero-order valence-corrected chi connectivity index (χ0v) is 17.0. The summed E-state index contributed by atoms with van der Waals surface area (Å²) < 4.78 is 16.0. The number of rotatable bonds is 8. The minimum absolute atomic E-state index is 0.0862. The van der Waals surface area contributed by atoms with Gasteiger partial charge in [0.25, 0.3) is 0 Å². The molecule has 1 amide bonds. The fourth-order valence-corrected chi connectivity index (χ4v) is 3.31. The number of nitrogens with one attached hydrogen (secondary N) is 1. The smallest absolute Gasteiger partial charge is 0.244 e. The summed E-state index contributed by atoms with van der Waals surface area (Å²) in [7, 11) is 3.19. The molecular formula is C23H28N2O4. The van der Waals surface area contributed by atoms with Crippen LogP contribution >= 0.6 is 0 Å². The van der Waals surface area contributed by atoms with Crippen molar-refractivity contribution in [2.75, 3.05) is 47.1 Å². The van der Waals surface area contributed by atoms with Gasteiger partial charge in [0, 0.05) is 25.7 Å². The van der Waals surface area contributed by atoms with Crippen LogP contribution in [0.25, 0.3) is 6.08 Å². The van der Waals surface area contributed by atoms with Crippen molar-refractivity contribution in [3.05, 3.63) is 65.7 Å². The van der Waals surface area contributed by atoms with Crippen molar-refractivity contribution in [2.24, 2.45) is 0 Å². The molecule has 0 saturated carbocycles. The van der Waals surface area contributed by atoms with Crippen LogP contribution in [0.2, 0.25) is 0 Å². The van der Waals surface area contributed by atoms with E-state index in [4.69, 9.17) is 14.2 Å². The Bertz CT molecular complexity index is 817. The molecule has 154 valence electrons. The second kappa shape index (κ2) is 10.6. The predicted octanol–water partition coefficient (Wildman–Crippen LogP) is 2.91. The highest BCUT2D eigenvalue weighted by Crippen LogP contribution is 2.28. The number of morpholine rings is 1. The number of ether oxygens (including phenoxy) is 3. The maximum atomic E-state index is 12.6. The van der Waals surface area contributed by atoms with Gasteiger partial charge in [-0.25, -0.2) is 0 Å². The van der Waals surface area contributed by atoms with Crippen molar-refractivity contribution in [1.29, 1.82) is 0 Å². The second-order valence-electron chi connectivity index (χ2n) is 6.83.